The summed E-state index contributed by atoms with van der Waals surface area (Å²) in [5.74, 6) is 1.71. The van der Waals surface area contributed by atoms with Gasteiger partial charge in [-0.15, -0.1) is 0 Å². The van der Waals surface area contributed by atoms with Crippen LogP contribution in [-0.2, 0) is 11.3 Å². The van der Waals surface area contributed by atoms with Crippen molar-refractivity contribution >= 4 is 21.6 Å². The summed E-state index contributed by atoms with van der Waals surface area (Å²) in [5, 5.41) is 10.4. The average Bonchev–Trinajstić information content (AvgIpc) is 2.90. The summed E-state index contributed by atoms with van der Waals surface area (Å²) in [6.45, 7) is 5.92. The molecular weight excluding hydrogens is 508 g/mol. The number of nitrogens with zero attached hydrogens (tertiary/aromatic N) is 2. The fourth-order valence-electron chi connectivity index (χ4n) is 4.07. The second-order valence-electron chi connectivity index (χ2n) is 8.56. The van der Waals surface area contributed by atoms with Crippen molar-refractivity contribution in [3.05, 3.63) is 88.9 Å². The van der Waals surface area contributed by atoms with E-state index in [1.165, 1.54) is 0 Å². The Morgan fingerprint density at radius 2 is 1.51 bits per heavy atom. The molecule has 3 aromatic rings. The summed E-state index contributed by atoms with van der Waals surface area (Å²) >= 11 is 3.41. The van der Waals surface area contributed by atoms with E-state index in [-0.39, 0.29) is 0 Å². The number of hydrogen-bond acceptors (Lipinski definition) is 6. The molecule has 0 radical (unpaired) electrons. The third kappa shape index (κ3) is 8.25. The number of ether oxygens (including phenoxy) is 3. The van der Waals surface area contributed by atoms with Crippen molar-refractivity contribution in [3.8, 4) is 11.5 Å². The van der Waals surface area contributed by atoms with E-state index < -0.39 is 6.10 Å². The molecule has 1 unspecified atom stereocenters. The molecule has 0 bridgehead atoms. The maximum atomic E-state index is 10.4. The summed E-state index contributed by atoms with van der Waals surface area (Å²) in [5.41, 5.74) is 2.28. The van der Waals surface area contributed by atoms with E-state index in [2.05, 4.69) is 50.0 Å². The molecule has 35 heavy (non-hydrogen) atoms. The van der Waals surface area contributed by atoms with Gasteiger partial charge in [0.1, 0.15) is 24.7 Å². The molecule has 4 rings (SSSR count). The number of halogens is 1. The van der Waals surface area contributed by atoms with E-state index in [0.29, 0.717) is 33.0 Å². The Hall–Kier alpha value is -2.58. The van der Waals surface area contributed by atoms with Crippen LogP contribution in [0.4, 0.5) is 5.69 Å². The second kappa shape index (κ2) is 13.5. The predicted molar refractivity (Wildman–Crippen MR) is 142 cm³/mol. The quantitative estimate of drug-likeness (QED) is 0.338. The maximum Gasteiger partial charge on any atom is 0.143 e. The standard InChI is InChI=1S/C28H33BrN2O4/c29-24-10-12-26(13-11-24)34-19-18-33-22-25(32)20-30-14-16-31(17-15-30)27-8-4-5-9-28(27)35-21-23-6-2-1-3-7-23/h1-13,25,32H,14-22H2. The number of para-hydroxylation sites is 2. The van der Waals surface area contributed by atoms with Crippen LogP contribution in [0.2, 0.25) is 0 Å². The minimum atomic E-state index is -0.518. The van der Waals surface area contributed by atoms with Crippen molar-refractivity contribution in [3.63, 3.8) is 0 Å². The van der Waals surface area contributed by atoms with Gasteiger partial charge in [-0.1, -0.05) is 58.4 Å². The molecule has 186 valence electrons. The molecule has 1 heterocycles. The van der Waals surface area contributed by atoms with E-state index in [0.717, 1.165) is 53.4 Å². The van der Waals surface area contributed by atoms with Gasteiger partial charge in [0.05, 0.1) is 25.0 Å². The van der Waals surface area contributed by atoms with Crippen molar-refractivity contribution in [2.45, 2.75) is 12.7 Å². The highest BCUT2D eigenvalue weighted by Gasteiger charge is 2.21. The van der Waals surface area contributed by atoms with Crippen LogP contribution >= 0.6 is 15.9 Å². The van der Waals surface area contributed by atoms with Crippen LogP contribution in [0.25, 0.3) is 0 Å². The van der Waals surface area contributed by atoms with Gasteiger partial charge in [-0.3, -0.25) is 4.90 Å². The first-order chi connectivity index (χ1) is 17.2. The second-order valence-corrected chi connectivity index (χ2v) is 9.48. The molecule has 1 saturated heterocycles. The van der Waals surface area contributed by atoms with Gasteiger partial charge in [-0.25, -0.2) is 0 Å². The van der Waals surface area contributed by atoms with E-state index in [1.807, 2.05) is 54.6 Å². The molecule has 0 aromatic heterocycles. The first-order valence-corrected chi connectivity index (χ1v) is 12.8. The first kappa shape index (κ1) is 25.5. The van der Waals surface area contributed by atoms with Crippen LogP contribution in [0.1, 0.15) is 5.56 Å². The van der Waals surface area contributed by atoms with E-state index in [4.69, 9.17) is 14.2 Å². The molecule has 3 aromatic carbocycles. The zero-order valence-electron chi connectivity index (χ0n) is 19.9. The van der Waals surface area contributed by atoms with E-state index in [1.54, 1.807) is 0 Å². The normalized spacial score (nSPS) is 15.1. The maximum absolute atomic E-state index is 10.4. The van der Waals surface area contributed by atoms with Gasteiger partial charge in [0, 0.05) is 37.2 Å². The fraction of sp³-hybridized carbons (Fsp3) is 0.357. The number of rotatable bonds is 12. The molecule has 1 N–H and O–H groups in total. The van der Waals surface area contributed by atoms with Gasteiger partial charge >= 0.3 is 0 Å². The number of piperazine rings is 1. The Bertz CT molecular complexity index is 1010. The molecule has 0 saturated carbocycles. The van der Waals surface area contributed by atoms with Gasteiger partial charge < -0.3 is 24.2 Å². The lowest BCUT2D eigenvalue weighted by Crippen LogP contribution is -2.49. The van der Waals surface area contributed by atoms with Crippen molar-refractivity contribution in [2.24, 2.45) is 0 Å². The summed E-state index contributed by atoms with van der Waals surface area (Å²) in [6.07, 6.45) is -0.518. The molecule has 1 atom stereocenters. The lowest BCUT2D eigenvalue weighted by Gasteiger charge is -2.37. The van der Waals surface area contributed by atoms with Crippen LogP contribution in [0.15, 0.2) is 83.3 Å². The lowest BCUT2D eigenvalue weighted by atomic mass is 10.2. The van der Waals surface area contributed by atoms with Crippen LogP contribution in [0.3, 0.4) is 0 Å². The van der Waals surface area contributed by atoms with Gasteiger partial charge in [-0.2, -0.15) is 0 Å². The highest BCUT2D eigenvalue weighted by molar-refractivity contribution is 9.10. The van der Waals surface area contributed by atoms with Gasteiger partial charge in [0.2, 0.25) is 0 Å². The lowest BCUT2D eigenvalue weighted by molar-refractivity contribution is 0.00717. The smallest absolute Gasteiger partial charge is 0.143 e. The van der Waals surface area contributed by atoms with E-state index in [9.17, 15) is 5.11 Å². The Kier molecular flexibility index (Phi) is 9.84. The van der Waals surface area contributed by atoms with Gasteiger partial charge in [0.15, 0.2) is 0 Å². The average molecular weight is 541 g/mol. The molecular formula is C28H33BrN2O4. The van der Waals surface area contributed by atoms with Gasteiger partial charge in [0.25, 0.3) is 0 Å². The number of anilines is 1. The number of aliphatic hydroxyl groups excluding tert-OH is 1. The monoisotopic (exact) mass is 540 g/mol. The fourth-order valence-corrected chi connectivity index (χ4v) is 4.33. The number of hydrogen-bond donors (Lipinski definition) is 1. The Morgan fingerprint density at radius 1 is 0.800 bits per heavy atom. The summed E-state index contributed by atoms with van der Waals surface area (Å²) < 4.78 is 18.4. The third-order valence-corrected chi connectivity index (χ3v) is 6.43. The summed E-state index contributed by atoms with van der Waals surface area (Å²) in [4.78, 5) is 4.65. The molecule has 6 nitrogen and oxygen atoms in total. The topological polar surface area (TPSA) is 54.4 Å². The highest BCUT2D eigenvalue weighted by atomic mass is 79.9. The molecule has 7 heteroatoms. The Balaban J connectivity index is 1.15. The zero-order chi connectivity index (χ0) is 24.3. The van der Waals surface area contributed by atoms with Crippen LogP contribution in [0, 0.1) is 0 Å². The Morgan fingerprint density at radius 3 is 2.29 bits per heavy atom. The van der Waals surface area contributed by atoms with Gasteiger partial charge in [-0.05, 0) is 42.0 Å². The Labute approximate surface area is 216 Å². The number of β-amino-alcohol motifs (C(OH)–C–C–N with tert-alkyl or cyclic N) is 1. The number of aliphatic hydroxyl groups is 1. The highest BCUT2D eigenvalue weighted by Crippen LogP contribution is 2.29. The largest absolute Gasteiger partial charge is 0.491 e. The van der Waals surface area contributed by atoms with Crippen molar-refractivity contribution in [1.29, 1.82) is 0 Å². The minimum Gasteiger partial charge on any atom is -0.491 e. The van der Waals surface area contributed by atoms with Crippen molar-refractivity contribution in [1.82, 2.24) is 4.90 Å². The summed E-state index contributed by atoms with van der Waals surface area (Å²) in [7, 11) is 0. The van der Waals surface area contributed by atoms with E-state index >= 15 is 0 Å². The third-order valence-electron chi connectivity index (χ3n) is 5.90. The SMILES string of the molecule is OC(COCCOc1ccc(Br)cc1)CN1CCN(c2ccccc2OCc2ccccc2)CC1. The molecule has 0 aliphatic carbocycles. The molecule has 0 spiro atoms. The van der Waals surface area contributed by atoms with Crippen LogP contribution in [-0.4, -0.2) is 68.7 Å². The zero-order valence-corrected chi connectivity index (χ0v) is 21.5. The molecule has 1 aliphatic heterocycles. The predicted octanol–water partition coefficient (Wildman–Crippen LogP) is 4.61. The first-order valence-electron chi connectivity index (χ1n) is 12.0. The minimum absolute atomic E-state index is 0.306. The van der Waals surface area contributed by atoms with Crippen molar-refractivity contribution < 1.29 is 19.3 Å². The van der Waals surface area contributed by atoms with Crippen LogP contribution in [0.5, 0.6) is 11.5 Å². The molecule has 1 fully saturated rings. The molecule has 1 aliphatic rings. The summed E-state index contributed by atoms with van der Waals surface area (Å²) in [6, 6.07) is 26.1. The number of benzene rings is 3. The van der Waals surface area contributed by atoms with Crippen LogP contribution < -0.4 is 14.4 Å². The molecule has 0 amide bonds. The van der Waals surface area contributed by atoms with Crippen molar-refractivity contribution in [2.75, 3.05) is 57.4 Å².